The summed E-state index contributed by atoms with van der Waals surface area (Å²) >= 11 is 0. The standard InChI is InChI=1S/C11H22N2O2/c1-3-13(8-9-5-4-6-9)10(7-12)11(14)15-2/h9-10H,3-8,12H2,1-2H3. The van der Waals surface area contributed by atoms with E-state index in [0.29, 0.717) is 6.54 Å². The maximum absolute atomic E-state index is 11.5. The van der Waals surface area contributed by atoms with Crippen LogP contribution in [0.1, 0.15) is 26.2 Å². The lowest BCUT2D eigenvalue weighted by molar-refractivity contribution is -0.146. The van der Waals surface area contributed by atoms with E-state index in [1.807, 2.05) is 0 Å². The smallest absolute Gasteiger partial charge is 0.324 e. The molecule has 1 aliphatic carbocycles. The van der Waals surface area contributed by atoms with Gasteiger partial charge in [0.15, 0.2) is 0 Å². The van der Waals surface area contributed by atoms with E-state index in [2.05, 4.69) is 11.8 Å². The molecule has 0 aliphatic heterocycles. The summed E-state index contributed by atoms with van der Waals surface area (Å²) in [7, 11) is 1.42. The molecule has 1 aliphatic rings. The minimum atomic E-state index is -0.263. The highest BCUT2D eigenvalue weighted by molar-refractivity contribution is 5.75. The van der Waals surface area contributed by atoms with Crippen molar-refractivity contribution in [1.29, 1.82) is 0 Å². The van der Waals surface area contributed by atoms with Crippen LogP contribution in [0.3, 0.4) is 0 Å². The first-order chi connectivity index (χ1) is 7.22. The zero-order chi connectivity index (χ0) is 11.3. The van der Waals surface area contributed by atoms with Crippen LogP contribution >= 0.6 is 0 Å². The average Bonchev–Trinajstić information content (AvgIpc) is 2.20. The molecule has 0 aromatic heterocycles. The SMILES string of the molecule is CCN(CC1CCC1)C(CN)C(=O)OC. The monoisotopic (exact) mass is 214 g/mol. The molecule has 15 heavy (non-hydrogen) atoms. The molecule has 1 unspecified atom stereocenters. The van der Waals surface area contributed by atoms with E-state index >= 15 is 0 Å². The van der Waals surface area contributed by atoms with Gasteiger partial charge in [0.05, 0.1) is 7.11 Å². The average molecular weight is 214 g/mol. The van der Waals surface area contributed by atoms with Gasteiger partial charge in [0.1, 0.15) is 6.04 Å². The highest BCUT2D eigenvalue weighted by Gasteiger charge is 2.28. The van der Waals surface area contributed by atoms with Crippen molar-refractivity contribution in [1.82, 2.24) is 4.90 Å². The normalized spacial score (nSPS) is 18.7. The predicted octanol–water partition coefficient (Wildman–Crippen LogP) is 0.609. The largest absolute Gasteiger partial charge is 0.468 e. The summed E-state index contributed by atoms with van der Waals surface area (Å²) in [5.41, 5.74) is 5.62. The number of hydrogen-bond donors (Lipinski definition) is 1. The van der Waals surface area contributed by atoms with Crippen LogP contribution in [-0.2, 0) is 9.53 Å². The molecule has 2 N–H and O–H groups in total. The van der Waals surface area contributed by atoms with Gasteiger partial charge >= 0.3 is 5.97 Å². The number of methoxy groups -OCH3 is 1. The maximum Gasteiger partial charge on any atom is 0.324 e. The first kappa shape index (κ1) is 12.5. The first-order valence-corrected chi connectivity index (χ1v) is 5.74. The molecule has 1 saturated carbocycles. The second kappa shape index (κ2) is 6.08. The van der Waals surface area contributed by atoms with Crippen molar-refractivity contribution in [2.45, 2.75) is 32.2 Å². The fraction of sp³-hybridized carbons (Fsp3) is 0.909. The maximum atomic E-state index is 11.5. The lowest BCUT2D eigenvalue weighted by Crippen LogP contribution is -2.49. The van der Waals surface area contributed by atoms with Crippen LogP contribution in [0.5, 0.6) is 0 Å². The van der Waals surface area contributed by atoms with Gasteiger partial charge in [-0.2, -0.15) is 0 Å². The molecule has 1 fully saturated rings. The molecule has 0 amide bonds. The van der Waals surface area contributed by atoms with Crippen molar-refractivity contribution >= 4 is 5.97 Å². The summed E-state index contributed by atoms with van der Waals surface area (Å²) in [6.07, 6.45) is 3.90. The van der Waals surface area contributed by atoms with Crippen molar-refractivity contribution in [3.63, 3.8) is 0 Å². The Hall–Kier alpha value is -0.610. The Balaban J connectivity index is 2.48. The van der Waals surface area contributed by atoms with E-state index in [-0.39, 0.29) is 12.0 Å². The van der Waals surface area contributed by atoms with Gasteiger partial charge in [-0.3, -0.25) is 9.69 Å². The zero-order valence-electron chi connectivity index (χ0n) is 9.74. The molecule has 4 nitrogen and oxygen atoms in total. The summed E-state index contributed by atoms with van der Waals surface area (Å²) in [6, 6.07) is -0.263. The van der Waals surface area contributed by atoms with Gasteiger partial charge < -0.3 is 10.5 Å². The number of esters is 1. The van der Waals surface area contributed by atoms with E-state index in [1.54, 1.807) is 0 Å². The molecule has 0 radical (unpaired) electrons. The molecule has 4 heteroatoms. The second-order valence-corrected chi connectivity index (χ2v) is 4.16. The fourth-order valence-electron chi connectivity index (χ4n) is 2.01. The Morgan fingerprint density at radius 1 is 1.60 bits per heavy atom. The van der Waals surface area contributed by atoms with Gasteiger partial charge in [-0.25, -0.2) is 0 Å². The van der Waals surface area contributed by atoms with Crippen molar-refractivity contribution < 1.29 is 9.53 Å². The molecule has 0 spiro atoms. The summed E-state index contributed by atoms with van der Waals surface area (Å²) in [6.45, 7) is 4.23. The minimum Gasteiger partial charge on any atom is -0.468 e. The topological polar surface area (TPSA) is 55.6 Å². The lowest BCUT2D eigenvalue weighted by Gasteiger charge is -2.34. The van der Waals surface area contributed by atoms with Gasteiger partial charge in [-0.05, 0) is 25.3 Å². The Morgan fingerprint density at radius 3 is 2.60 bits per heavy atom. The predicted molar refractivity (Wildman–Crippen MR) is 59.4 cm³/mol. The molecule has 0 aromatic carbocycles. The van der Waals surface area contributed by atoms with Gasteiger partial charge in [-0.15, -0.1) is 0 Å². The third-order valence-electron chi connectivity index (χ3n) is 3.26. The molecule has 0 saturated heterocycles. The quantitative estimate of drug-likeness (QED) is 0.658. The number of ether oxygens (including phenoxy) is 1. The molecular weight excluding hydrogens is 192 g/mol. The van der Waals surface area contributed by atoms with Crippen LogP contribution in [0.15, 0.2) is 0 Å². The number of nitrogens with zero attached hydrogens (tertiary/aromatic N) is 1. The van der Waals surface area contributed by atoms with Gasteiger partial charge in [0.2, 0.25) is 0 Å². The Morgan fingerprint density at radius 2 is 2.27 bits per heavy atom. The second-order valence-electron chi connectivity index (χ2n) is 4.16. The molecule has 0 heterocycles. The van der Waals surface area contributed by atoms with Crippen LogP contribution in [0.25, 0.3) is 0 Å². The zero-order valence-corrected chi connectivity index (χ0v) is 9.74. The van der Waals surface area contributed by atoms with Crippen molar-refractivity contribution in [3.8, 4) is 0 Å². The fourth-order valence-corrected chi connectivity index (χ4v) is 2.01. The van der Waals surface area contributed by atoms with Gasteiger partial charge in [-0.1, -0.05) is 13.3 Å². The number of nitrogens with two attached hydrogens (primary N) is 1. The summed E-state index contributed by atoms with van der Waals surface area (Å²) in [4.78, 5) is 13.6. The van der Waals surface area contributed by atoms with Crippen LogP contribution in [0.4, 0.5) is 0 Å². The van der Waals surface area contributed by atoms with Crippen molar-refractivity contribution in [2.75, 3.05) is 26.7 Å². The minimum absolute atomic E-state index is 0.210. The van der Waals surface area contributed by atoms with Crippen molar-refractivity contribution in [3.05, 3.63) is 0 Å². The first-order valence-electron chi connectivity index (χ1n) is 5.74. The number of likely N-dealkylation sites (N-methyl/N-ethyl adjacent to an activating group) is 1. The molecule has 0 bridgehead atoms. The third-order valence-corrected chi connectivity index (χ3v) is 3.26. The molecular formula is C11H22N2O2. The van der Waals surface area contributed by atoms with Crippen molar-refractivity contribution in [2.24, 2.45) is 11.7 Å². The van der Waals surface area contributed by atoms with Crippen LogP contribution < -0.4 is 5.73 Å². The van der Waals surface area contributed by atoms with E-state index in [9.17, 15) is 4.79 Å². The molecule has 1 rings (SSSR count). The Labute approximate surface area is 91.8 Å². The van der Waals surface area contributed by atoms with E-state index in [1.165, 1.54) is 26.4 Å². The summed E-state index contributed by atoms with van der Waals surface area (Å²) in [5.74, 6) is 0.544. The number of hydrogen-bond acceptors (Lipinski definition) is 4. The third kappa shape index (κ3) is 3.18. The highest BCUT2D eigenvalue weighted by atomic mass is 16.5. The molecule has 88 valence electrons. The van der Waals surface area contributed by atoms with Crippen LogP contribution in [0.2, 0.25) is 0 Å². The van der Waals surface area contributed by atoms with Gasteiger partial charge in [0.25, 0.3) is 0 Å². The van der Waals surface area contributed by atoms with E-state index in [0.717, 1.165) is 19.0 Å². The van der Waals surface area contributed by atoms with Crippen LogP contribution in [0, 0.1) is 5.92 Å². The molecule has 1 atom stereocenters. The number of rotatable bonds is 6. The lowest BCUT2D eigenvalue weighted by atomic mass is 9.85. The summed E-state index contributed by atoms with van der Waals surface area (Å²) in [5, 5.41) is 0. The Bertz CT molecular complexity index is 205. The van der Waals surface area contributed by atoms with E-state index in [4.69, 9.17) is 10.5 Å². The van der Waals surface area contributed by atoms with E-state index < -0.39 is 0 Å². The van der Waals surface area contributed by atoms with Gasteiger partial charge in [0, 0.05) is 13.1 Å². The number of carbonyl (C=O) groups excluding carboxylic acids is 1. The summed E-state index contributed by atoms with van der Waals surface area (Å²) < 4.78 is 4.76. The molecule has 0 aromatic rings. The number of carbonyl (C=O) groups is 1. The Kier molecular flexibility index (Phi) is 5.05. The van der Waals surface area contributed by atoms with Crippen LogP contribution in [-0.4, -0.2) is 43.7 Å². The highest BCUT2D eigenvalue weighted by Crippen LogP contribution is 2.27.